The van der Waals surface area contributed by atoms with Crippen molar-refractivity contribution in [1.82, 2.24) is 15.3 Å². The monoisotopic (exact) mass is 558 g/mol. The Bertz CT molecular complexity index is 1290. The van der Waals surface area contributed by atoms with E-state index in [9.17, 15) is 14.7 Å². The number of benzene rings is 2. The molecule has 8 heteroatoms. The number of amides is 1. The van der Waals surface area contributed by atoms with Crippen LogP contribution in [0, 0.1) is 11.3 Å². The van der Waals surface area contributed by atoms with E-state index in [1.165, 1.54) is 11.8 Å². The maximum atomic E-state index is 13.6. The molecule has 0 aliphatic carbocycles. The third kappa shape index (κ3) is 8.06. The average molecular weight is 559 g/mol. The van der Waals surface area contributed by atoms with Gasteiger partial charge >= 0.3 is 5.97 Å². The van der Waals surface area contributed by atoms with Crippen molar-refractivity contribution in [3.8, 4) is 5.75 Å². The van der Waals surface area contributed by atoms with Crippen molar-refractivity contribution in [3.63, 3.8) is 0 Å². The normalized spacial score (nSPS) is 14.6. The summed E-state index contributed by atoms with van der Waals surface area (Å²) >= 11 is 0. The zero-order valence-corrected chi connectivity index (χ0v) is 24.4. The number of carboxylic acid groups (broad SMARTS) is 1. The molecule has 218 valence electrons. The number of carboxylic acids is 1. The lowest BCUT2D eigenvalue weighted by molar-refractivity contribution is -0.132. The number of hydrogen-bond donors (Lipinski definition) is 2. The molecule has 1 aliphatic rings. The maximum absolute atomic E-state index is 13.6. The van der Waals surface area contributed by atoms with Crippen LogP contribution < -0.4 is 15.0 Å². The molecule has 4 rings (SSSR count). The Labute approximate surface area is 243 Å². The fourth-order valence-electron chi connectivity index (χ4n) is 5.31. The lowest BCUT2D eigenvalue weighted by atomic mass is 9.73. The van der Waals surface area contributed by atoms with E-state index >= 15 is 0 Å². The third-order valence-corrected chi connectivity index (χ3v) is 7.80. The minimum Gasteiger partial charge on any atom is -0.487 e. The van der Waals surface area contributed by atoms with Gasteiger partial charge in [0.25, 0.3) is 0 Å². The molecule has 0 saturated carbocycles. The smallest absolute Gasteiger partial charge is 0.339 e. The zero-order valence-electron chi connectivity index (χ0n) is 24.4. The van der Waals surface area contributed by atoms with Gasteiger partial charge in [0.15, 0.2) is 0 Å². The molecule has 0 bridgehead atoms. The highest BCUT2D eigenvalue weighted by Gasteiger charge is 2.42. The second-order valence-corrected chi connectivity index (χ2v) is 11.4. The van der Waals surface area contributed by atoms with Gasteiger partial charge in [-0.25, -0.2) is 14.8 Å². The number of anilines is 1. The summed E-state index contributed by atoms with van der Waals surface area (Å²) in [6, 6.07) is 18.0. The Hall–Kier alpha value is -3.94. The number of carbonyl (C=O) groups is 2. The number of aromatic nitrogens is 2. The Morgan fingerprint density at radius 3 is 2.39 bits per heavy atom. The quantitative estimate of drug-likeness (QED) is 0.277. The van der Waals surface area contributed by atoms with E-state index in [2.05, 4.69) is 48.2 Å². The number of aryl methyl sites for hydroxylation is 1. The molecule has 1 aliphatic heterocycles. The molecule has 0 spiro atoms. The first kappa shape index (κ1) is 30.0. The fourth-order valence-corrected chi connectivity index (χ4v) is 5.31. The van der Waals surface area contributed by atoms with Crippen LogP contribution in [0.25, 0.3) is 0 Å². The van der Waals surface area contributed by atoms with Crippen LogP contribution in [0.4, 0.5) is 5.95 Å². The summed E-state index contributed by atoms with van der Waals surface area (Å²) in [5.41, 5.74) is 2.21. The Morgan fingerprint density at radius 1 is 1.05 bits per heavy atom. The van der Waals surface area contributed by atoms with Gasteiger partial charge in [-0.1, -0.05) is 69.7 Å². The second-order valence-electron chi connectivity index (χ2n) is 11.4. The van der Waals surface area contributed by atoms with Crippen molar-refractivity contribution < 1.29 is 19.4 Å². The predicted octanol–water partition coefficient (Wildman–Crippen LogP) is 5.70. The standard InChI is InChI=1S/C33H42N4O4/c1-4-8-25-11-13-27(14-12-25)41-23-29-28(30(38)39)22-35-32(36-29)37-19-16-33(17-20-37,21-26-9-6-5-7-10-26)31(40)34-18-15-24(2)3/h5-7,9-14,22,24H,4,8,15-21,23H2,1-3H3,(H,34,40)(H,38,39). The minimum atomic E-state index is -1.09. The molecule has 8 nitrogen and oxygen atoms in total. The largest absolute Gasteiger partial charge is 0.487 e. The first-order valence-corrected chi connectivity index (χ1v) is 14.7. The summed E-state index contributed by atoms with van der Waals surface area (Å²) < 4.78 is 5.92. The SMILES string of the molecule is CCCc1ccc(OCc2nc(N3CCC(Cc4ccccc4)(C(=O)NCCC(C)C)CC3)ncc2C(=O)O)cc1. The van der Waals surface area contributed by atoms with E-state index in [1.54, 1.807) is 0 Å². The third-order valence-electron chi connectivity index (χ3n) is 7.80. The van der Waals surface area contributed by atoms with Crippen LogP contribution in [0.15, 0.2) is 60.8 Å². The predicted molar refractivity (Wildman–Crippen MR) is 160 cm³/mol. The van der Waals surface area contributed by atoms with E-state index in [4.69, 9.17) is 4.74 Å². The molecule has 2 N–H and O–H groups in total. The molecule has 1 fully saturated rings. The Kier molecular flexibility index (Phi) is 10.3. The van der Waals surface area contributed by atoms with E-state index < -0.39 is 11.4 Å². The van der Waals surface area contributed by atoms with Crippen LogP contribution in [0.5, 0.6) is 5.75 Å². The van der Waals surface area contributed by atoms with Gasteiger partial charge in [-0.15, -0.1) is 0 Å². The molecule has 0 atom stereocenters. The highest BCUT2D eigenvalue weighted by molar-refractivity contribution is 5.88. The number of piperidine rings is 1. The highest BCUT2D eigenvalue weighted by Crippen LogP contribution is 2.37. The van der Waals surface area contributed by atoms with Crippen LogP contribution in [-0.4, -0.2) is 46.6 Å². The summed E-state index contributed by atoms with van der Waals surface area (Å²) in [7, 11) is 0. The average Bonchev–Trinajstić information content (AvgIpc) is 2.97. The summed E-state index contributed by atoms with van der Waals surface area (Å²) in [5, 5.41) is 12.9. The molecule has 0 unspecified atom stereocenters. The van der Waals surface area contributed by atoms with Gasteiger partial charge in [0.2, 0.25) is 11.9 Å². The molecule has 2 aromatic carbocycles. The Morgan fingerprint density at radius 2 is 1.76 bits per heavy atom. The number of ether oxygens (including phenoxy) is 1. The zero-order chi connectivity index (χ0) is 29.2. The number of nitrogens with one attached hydrogen (secondary N) is 1. The van der Waals surface area contributed by atoms with Crippen molar-refractivity contribution in [2.75, 3.05) is 24.5 Å². The van der Waals surface area contributed by atoms with Crippen molar-refractivity contribution in [1.29, 1.82) is 0 Å². The molecule has 1 amide bonds. The van der Waals surface area contributed by atoms with Crippen LogP contribution in [0.1, 0.15) is 73.6 Å². The minimum absolute atomic E-state index is 0.0221. The van der Waals surface area contributed by atoms with E-state index in [-0.39, 0.29) is 18.1 Å². The summed E-state index contributed by atoms with van der Waals surface area (Å²) in [5.74, 6) is 0.649. The molecule has 1 saturated heterocycles. The first-order chi connectivity index (χ1) is 19.8. The molecule has 3 aromatic rings. The topological polar surface area (TPSA) is 105 Å². The number of hydrogen-bond acceptors (Lipinski definition) is 6. The second kappa shape index (κ2) is 14.1. The van der Waals surface area contributed by atoms with E-state index in [0.717, 1.165) is 24.8 Å². The molecular formula is C33H42N4O4. The van der Waals surface area contributed by atoms with E-state index in [1.807, 2.05) is 47.4 Å². The van der Waals surface area contributed by atoms with Crippen LogP contribution in [0.2, 0.25) is 0 Å². The molecular weight excluding hydrogens is 516 g/mol. The first-order valence-electron chi connectivity index (χ1n) is 14.7. The molecule has 0 radical (unpaired) electrons. The van der Waals surface area contributed by atoms with Crippen LogP contribution in [0.3, 0.4) is 0 Å². The number of nitrogens with zero attached hydrogens (tertiary/aromatic N) is 3. The van der Waals surface area contributed by atoms with Gasteiger partial charge in [-0.3, -0.25) is 4.79 Å². The van der Waals surface area contributed by atoms with Gasteiger partial charge in [0, 0.05) is 25.8 Å². The van der Waals surface area contributed by atoms with Gasteiger partial charge in [-0.2, -0.15) is 0 Å². The number of aromatic carboxylic acids is 1. The fraction of sp³-hybridized carbons (Fsp3) is 0.455. The van der Waals surface area contributed by atoms with Gasteiger partial charge < -0.3 is 20.1 Å². The van der Waals surface area contributed by atoms with Crippen molar-refractivity contribution in [2.45, 2.75) is 65.9 Å². The highest BCUT2D eigenvalue weighted by atomic mass is 16.5. The Balaban J connectivity index is 1.48. The molecule has 41 heavy (non-hydrogen) atoms. The van der Waals surface area contributed by atoms with Crippen LogP contribution in [-0.2, 0) is 24.2 Å². The van der Waals surface area contributed by atoms with Gasteiger partial charge in [0.1, 0.15) is 17.9 Å². The maximum Gasteiger partial charge on any atom is 0.339 e. The summed E-state index contributed by atoms with van der Waals surface area (Å²) in [6.45, 7) is 8.32. The lowest BCUT2D eigenvalue weighted by Crippen LogP contribution is -2.50. The molecule has 2 heterocycles. The van der Waals surface area contributed by atoms with Crippen molar-refractivity contribution >= 4 is 17.8 Å². The van der Waals surface area contributed by atoms with Crippen LogP contribution >= 0.6 is 0 Å². The number of rotatable bonds is 13. The van der Waals surface area contributed by atoms with Crippen molar-refractivity contribution in [3.05, 3.63) is 83.2 Å². The number of carbonyl (C=O) groups excluding carboxylic acids is 1. The van der Waals surface area contributed by atoms with E-state index in [0.29, 0.717) is 62.2 Å². The summed E-state index contributed by atoms with van der Waals surface area (Å²) in [6.07, 6.45) is 6.34. The molecule has 1 aromatic heterocycles. The van der Waals surface area contributed by atoms with Crippen molar-refractivity contribution in [2.24, 2.45) is 11.3 Å². The summed E-state index contributed by atoms with van der Waals surface area (Å²) in [4.78, 5) is 36.5. The van der Waals surface area contributed by atoms with Gasteiger partial charge in [0.05, 0.1) is 11.1 Å². The lowest BCUT2D eigenvalue weighted by Gasteiger charge is -2.41. The van der Waals surface area contributed by atoms with Gasteiger partial charge in [-0.05, 0) is 61.3 Å².